The molecule has 1 saturated carbocycles. The second kappa shape index (κ2) is 7.50. The monoisotopic (exact) mass is 284 g/mol. The van der Waals surface area contributed by atoms with Crippen molar-refractivity contribution in [2.45, 2.75) is 65.5 Å². The first-order valence-electron chi connectivity index (χ1n) is 7.62. The van der Waals surface area contributed by atoms with Gasteiger partial charge in [0, 0.05) is 12.1 Å². The first kappa shape index (κ1) is 16.8. The Bertz CT molecular complexity index is 344. The minimum atomic E-state index is -0.893. The Balaban J connectivity index is 2.50. The van der Waals surface area contributed by atoms with Gasteiger partial charge in [0.05, 0.1) is 5.92 Å². The van der Waals surface area contributed by atoms with Gasteiger partial charge in [-0.05, 0) is 38.5 Å². The highest BCUT2D eigenvalue weighted by Gasteiger charge is 2.29. The predicted octanol–water partition coefficient (Wildman–Crippen LogP) is 2.61. The third-order valence-corrected chi connectivity index (χ3v) is 4.49. The molecule has 0 heterocycles. The lowest BCUT2D eigenvalue weighted by molar-refractivity contribution is -0.141. The van der Waals surface area contributed by atoms with E-state index in [4.69, 9.17) is 5.11 Å². The van der Waals surface area contributed by atoms with E-state index in [1.54, 1.807) is 13.8 Å². The molecule has 116 valence electrons. The summed E-state index contributed by atoms with van der Waals surface area (Å²) in [6.45, 7) is 7.71. The highest BCUT2D eigenvalue weighted by Crippen LogP contribution is 2.30. The summed E-state index contributed by atoms with van der Waals surface area (Å²) in [5.74, 6) is -0.416. The number of hydrogen-bond donors (Lipinski definition) is 3. The van der Waals surface area contributed by atoms with Crippen LogP contribution >= 0.6 is 0 Å². The fraction of sp³-hybridized carbons (Fsp3) is 0.867. The van der Waals surface area contributed by atoms with Crippen LogP contribution in [0.15, 0.2) is 0 Å². The molecule has 0 aliphatic heterocycles. The summed E-state index contributed by atoms with van der Waals surface area (Å²) in [5.41, 5.74) is 0. The predicted molar refractivity (Wildman–Crippen MR) is 78.5 cm³/mol. The fourth-order valence-electron chi connectivity index (χ4n) is 2.89. The molecule has 0 bridgehead atoms. The molecule has 0 aromatic carbocycles. The Hall–Kier alpha value is -1.26. The van der Waals surface area contributed by atoms with E-state index in [-0.39, 0.29) is 18.1 Å². The number of carbonyl (C=O) groups excluding carboxylic acids is 1. The Labute approximate surface area is 121 Å². The van der Waals surface area contributed by atoms with E-state index >= 15 is 0 Å². The molecule has 4 unspecified atom stereocenters. The molecule has 1 fully saturated rings. The normalized spacial score (nSPS) is 25.9. The van der Waals surface area contributed by atoms with Crippen molar-refractivity contribution in [1.82, 2.24) is 10.6 Å². The largest absolute Gasteiger partial charge is 0.481 e. The minimum absolute atomic E-state index is 0.205. The summed E-state index contributed by atoms with van der Waals surface area (Å²) in [4.78, 5) is 22.9. The van der Waals surface area contributed by atoms with Crippen molar-refractivity contribution in [2.24, 2.45) is 17.8 Å². The summed E-state index contributed by atoms with van der Waals surface area (Å²) in [6.07, 6.45) is 4.55. The van der Waals surface area contributed by atoms with Gasteiger partial charge in [-0.15, -0.1) is 0 Å². The van der Waals surface area contributed by atoms with E-state index in [0.29, 0.717) is 11.8 Å². The van der Waals surface area contributed by atoms with Crippen LogP contribution in [0.5, 0.6) is 0 Å². The van der Waals surface area contributed by atoms with E-state index in [0.717, 1.165) is 19.3 Å². The second-order valence-corrected chi connectivity index (χ2v) is 6.33. The number of carboxylic acids is 1. The highest BCUT2D eigenvalue weighted by atomic mass is 16.4. The van der Waals surface area contributed by atoms with Crippen molar-refractivity contribution in [3.8, 4) is 0 Å². The van der Waals surface area contributed by atoms with Gasteiger partial charge in [0.15, 0.2) is 0 Å². The van der Waals surface area contributed by atoms with Gasteiger partial charge in [0.2, 0.25) is 0 Å². The average Bonchev–Trinajstić information content (AvgIpc) is 2.37. The van der Waals surface area contributed by atoms with Crippen LogP contribution in [0.25, 0.3) is 0 Å². The standard InChI is InChI=1S/C15H28N2O3/c1-9(2)12-7-5-6-8-13(12)17-15(20)16-11(4)10(3)14(18)19/h9-13H,5-8H2,1-4H3,(H,18,19)(H2,16,17,20). The van der Waals surface area contributed by atoms with Crippen LogP contribution in [0.1, 0.15) is 53.4 Å². The molecular formula is C15H28N2O3. The van der Waals surface area contributed by atoms with Crippen molar-refractivity contribution < 1.29 is 14.7 Å². The van der Waals surface area contributed by atoms with Crippen LogP contribution in [0, 0.1) is 17.8 Å². The van der Waals surface area contributed by atoms with Crippen LogP contribution in [-0.2, 0) is 4.79 Å². The zero-order chi connectivity index (χ0) is 15.3. The Morgan fingerprint density at radius 3 is 2.25 bits per heavy atom. The Kier molecular flexibility index (Phi) is 6.30. The Morgan fingerprint density at radius 1 is 1.10 bits per heavy atom. The quantitative estimate of drug-likeness (QED) is 0.726. The first-order chi connectivity index (χ1) is 9.32. The third kappa shape index (κ3) is 4.69. The zero-order valence-corrected chi connectivity index (χ0v) is 13.0. The number of carboxylic acid groups (broad SMARTS) is 1. The van der Waals surface area contributed by atoms with Crippen molar-refractivity contribution in [3.63, 3.8) is 0 Å². The summed E-state index contributed by atoms with van der Waals surface area (Å²) in [5, 5.41) is 14.7. The van der Waals surface area contributed by atoms with Crippen LogP contribution in [0.4, 0.5) is 4.79 Å². The molecule has 1 aliphatic rings. The van der Waals surface area contributed by atoms with E-state index in [2.05, 4.69) is 24.5 Å². The molecule has 3 N–H and O–H groups in total. The topological polar surface area (TPSA) is 78.4 Å². The van der Waals surface area contributed by atoms with E-state index in [9.17, 15) is 9.59 Å². The molecule has 0 saturated heterocycles. The lowest BCUT2D eigenvalue weighted by atomic mass is 9.78. The second-order valence-electron chi connectivity index (χ2n) is 6.33. The molecule has 2 amide bonds. The lowest BCUT2D eigenvalue weighted by Crippen LogP contribution is -2.51. The van der Waals surface area contributed by atoms with Crippen molar-refractivity contribution in [1.29, 1.82) is 0 Å². The summed E-state index contributed by atoms with van der Waals surface area (Å²) < 4.78 is 0. The minimum Gasteiger partial charge on any atom is -0.481 e. The van der Waals surface area contributed by atoms with Crippen LogP contribution in [-0.4, -0.2) is 29.2 Å². The summed E-state index contributed by atoms with van der Waals surface area (Å²) >= 11 is 0. The van der Waals surface area contributed by atoms with Gasteiger partial charge in [-0.1, -0.05) is 26.7 Å². The molecular weight excluding hydrogens is 256 g/mol. The van der Waals surface area contributed by atoms with Crippen molar-refractivity contribution in [2.75, 3.05) is 0 Å². The van der Waals surface area contributed by atoms with Crippen LogP contribution in [0.2, 0.25) is 0 Å². The van der Waals surface area contributed by atoms with Gasteiger partial charge < -0.3 is 15.7 Å². The molecule has 0 aromatic heterocycles. The molecule has 0 radical (unpaired) electrons. The maximum Gasteiger partial charge on any atom is 0.315 e. The summed E-state index contributed by atoms with van der Waals surface area (Å²) in [6, 6.07) is -0.423. The van der Waals surface area contributed by atoms with Gasteiger partial charge in [-0.25, -0.2) is 4.79 Å². The first-order valence-corrected chi connectivity index (χ1v) is 7.62. The lowest BCUT2D eigenvalue weighted by Gasteiger charge is -2.35. The molecule has 1 aliphatic carbocycles. The number of aliphatic carboxylic acids is 1. The maximum absolute atomic E-state index is 12.0. The van der Waals surface area contributed by atoms with Crippen LogP contribution < -0.4 is 10.6 Å². The summed E-state index contributed by atoms with van der Waals surface area (Å²) in [7, 11) is 0. The number of carbonyl (C=O) groups is 2. The average molecular weight is 284 g/mol. The molecule has 5 heteroatoms. The van der Waals surface area contributed by atoms with Crippen LogP contribution in [0.3, 0.4) is 0 Å². The highest BCUT2D eigenvalue weighted by molar-refractivity contribution is 5.76. The molecule has 1 rings (SSSR count). The molecule has 5 nitrogen and oxygen atoms in total. The molecule has 0 aromatic rings. The third-order valence-electron chi connectivity index (χ3n) is 4.49. The number of nitrogens with one attached hydrogen (secondary N) is 2. The van der Waals surface area contributed by atoms with E-state index in [1.165, 1.54) is 6.42 Å². The number of urea groups is 1. The smallest absolute Gasteiger partial charge is 0.315 e. The van der Waals surface area contributed by atoms with Gasteiger partial charge in [-0.2, -0.15) is 0 Å². The zero-order valence-electron chi connectivity index (χ0n) is 13.0. The molecule has 4 atom stereocenters. The number of rotatable bonds is 5. The van der Waals surface area contributed by atoms with Crippen molar-refractivity contribution >= 4 is 12.0 Å². The SMILES string of the molecule is CC(C)C1CCCCC1NC(=O)NC(C)C(C)C(=O)O. The fourth-order valence-corrected chi connectivity index (χ4v) is 2.89. The van der Waals surface area contributed by atoms with E-state index in [1.807, 2.05) is 0 Å². The maximum atomic E-state index is 12.0. The van der Waals surface area contributed by atoms with Gasteiger partial charge in [0.25, 0.3) is 0 Å². The molecule has 20 heavy (non-hydrogen) atoms. The van der Waals surface area contributed by atoms with E-state index < -0.39 is 11.9 Å². The molecule has 0 spiro atoms. The Morgan fingerprint density at radius 2 is 1.70 bits per heavy atom. The van der Waals surface area contributed by atoms with Gasteiger partial charge in [0.1, 0.15) is 0 Å². The van der Waals surface area contributed by atoms with Gasteiger partial charge >= 0.3 is 12.0 Å². The number of hydrogen-bond acceptors (Lipinski definition) is 2. The number of amides is 2. The van der Waals surface area contributed by atoms with Gasteiger partial charge in [-0.3, -0.25) is 4.79 Å². The van der Waals surface area contributed by atoms with Crippen molar-refractivity contribution in [3.05, 3.63) is 0 Å².